The van der Waals surface area contributed by atoms with E-state index in [1.807, 2.05) is 52.4 Å². The molecule has 0 aromatic carbocycles. The largest absolute Gasteiger partial charge is 0.350 e. The van der Waals surface area contributed by atoms with Gasteiger partial charge in [-0.25, -0.2) is 4.98 Å². The van der Waals surface area contributed by atoms with Gasteiger partial charge in [-0.1, -0.05) is 0 Å². The van der Waals surface area contributed by atoms with Crippen molar-refractivity contribution in [3.05, 3.63) is 42.2 Å². The van der Waals surface area contributed by atoms with Crippen LogP contribution in [0, 0.1) is 6.92 Å². The molecule has 124 valence electrons. The molecule has 0 bridgehead atoms. The van der Waals surface area contributed by atoms with Crippen molar-refractivity contribution in [2.45, 2.75) is 6.92 Å². The molecule has 0 unspecified atom stereocenters. The molecule has 0 spiro atoms. The van der Waals surface area contributed by atoms with E-state index in [1.54, 1.807) is 6.20 Å². The Kier molecular flexibility index (Phi) is 3.44. The summed E-state index contributed by atoms with van der Waals surface area (Å²) in [6, 6.07) is 3.75. The molecule has 4 heterocycles. The number of anilines is 1. The Morgan fingerprint density at radius 2 is 1.92 bits per heavy atom. The van der Waals surface area contributed by atoms with Crippen molar-refractivity contribution >= 4 is 17.4 Å². The highest BCUT2D eigenvalue weighted by molar-refractivity contribution is 5.93. The number of aryl methyl sites for hydroxylation is 2. The minimum atomic E-state index is 0.0756. The van der Waals surface area contributed by atoms with Gasteiger partial charge in [0.05, 0.1) is 0 Å². The normalized spacial score (nSPS) is 15.2. The number of piperazine rings is 1. The molecule has 24 heavy (non-hydrogen) atoms. The van der Waals surface area contributed by atoms with E-state index in [9.17, 15) is 4.79 Å². The molecule has 0 radical (unpaired) electrons. The Labute approximate surface area is 139 Å². The van der Waals surface area contributed by atoms with Gasteiger partial charge in [0.1, 0.15) is 11.5 Å². The minimum absolute atomic E-state index is 0.0756. The van der Waals surface area contributed by atoms with E-state index in [-0.39, 0.29) is 5.91 Å². The highest BCUT2D eigenvalue weighted by atomic mass is 16.2. The van der Waals surface area contributed by atoms with Crippen molar-refractivity contribution in [2.75, 3.05) is 31.1 Å². The Morgan fingerprint density at radius 3 is 2.62 bits per heavy atom. The van der Waals surface area contributed by atoms with Gasteiger partial charge in [0, 0.05) is 51.8 Å². The fourth-order valence-corrected chi connectivity index (χ4v) is 3.12. The zero-order valence-corrected chi connectivity index (χ0v) is 13.8. The summed E-state index contributed by atoms with van der Waals surface area (Å²) in [4.78, 5) is 21.1. The lowest BCUT2D eigenvalue weighted by Crippen LogP contribution is -2.49. The van der Waals surface area contributed by atoms with Crippen molar-refractivity contribution in [1.29, 1.82) is 0 Å². The van der Waals surface area contributed by atoms with E-state index in [1.165, 1.54) is 0 Å². The number of rotatable bonds is 2. The molecule has 0 atom stereocenters. The Bertz CT molecular complexity index is 889. The number of amides is 1. The molecule has 1 aliphatic heterocycles. The number of carbonyl (C=O) groups excluding carboxylic acids is 1. The average Bonchev–Trinajstić information content (AvgIpc) is 3.20. The fraction of sp³-hybridized carbons (Fsp3) is 0.375. The van der Waals surface area contributed by atoms with Gasteiger partial charge in [0.2, 0.25) is 5.65 Å². The first-order valence-corrected chi connectivity index (χ1v) is 7.97. The third-order valence-corrected chi connectivity index (χ3v) is 4.51. The summed E-state index contributed by atoms with van der Waals surface area (Å²) < 4.78 is 3.79. The predicted molar refractivity (Wildman–Crippen MR) is 89.0 cm³/mol. The van der Waals surface area contributed by atoms with E-state index in [0.29, 0.717) is 13.1 Å². The molecular weight excluding hydrogens is 306 g/mol. The number of hydrogen-bond acceptors (Lipinski definition) is 5. The molecule has 0 aliphatic carbocycles. The molecule has 3 aromatic rings. The summed E-state index contributed by atoms with van der Waals surface area (Å²) in [5.41, 5.74) is 1.48. The monoisotopic (exact) mass is 325 g/mol. The summed E-state index contributed by atoms with van der Waals surface area (Å²) in [7, 11) is 1.89. The minimum Gasteiger partial charge on any atom is -0.350 e. The molecule has 3 aromatic heterocycles. The first-order chi connectivity index (χ1) is 11.6. The van der Waals surface area contributed by atoms with Crippen LogP contribution in [0.4, 0.5) is 5.82 Å². The lowest BCUT2D eigenvalue weighted by Gasteiger charge is -2.35. The van der Waals surface area contributed by atoms with Gasteiger partial charge in [0.25, 0.3) is 5.91 Å². The summed E-state index contributed by atoms with van der Waals surface area (Å²) in [5.74, 6) is 1.74. The lowest BCUT2D eigenvalue weighted by molar-refractivity contribution is 0.0737. The highest BCUT2D eigenvalue weighted by Gasteiger charge is 2.25. The van der Waals surface area contributed by atoms with Crippen LogP contribution in [0.25, 0.3) is 5.65 Å². The molecule has 1 fully saturated rings. The maximum absolute atomic E-state index is 12.6. The van der Waals surface area contributed by atoms with Gasteiger partial charge in [-0.2, -0.15) is 0 Å². The van der Waals surface area contributed by atoms with Gasteiger partial charge >= 0.3 is 0 Å². The van der Waals surface area contributed by atoms with Crippen molar-refractivity contribution in [3.63, 3.8) is 0 Å². The summed E-state index contributed by atoms with van der Waals surface area (Å²) >= 11 is 0. The van der Waals surface area contributed by atoms with Crippen molar-refractivity contribution < 1.29 is 4.79 Å². The number of hydrogen-bond donors (Lipinski definition) is 0. The molecule has 1 aliphatic rings. The van der Waals surface area contributed by atoms with E-state index in [4.69, 9.17) is 0 Å². The van der Waals surface area contributed by atoms with E-state index < -0.39 is 0 Å². The van der Waals surface area contributed by atoms with E-state index in [0.717, 1.165) is 36.1 Å². The standard InChI is InChI=1S/C16H19N7O/c1-12-18-19-15-14(17-5-7-23(12)15)21-8-10-22(11-9-21)16(24)13-4-3-6-20(13)2/h3-7H,8-11H2,1-2H3. The average molecular weight is 325 g/mol. The van der Waals surface area contributed by atoms with Gasteiger partial charge in [-0.05, 0) is 19.1 Å². The summed E-state index contributed by atoms with van der Waals surface area (Å²) in [6.07, 6.45) is 5.52. The molecule has 1 amide bonds. The highest BCUT2D eigenvalue weighted by Crippen LogP contribution is 2.19. The summed E-state index contributed by atoms with van der Waals surface area (Å²) in [6.45, 7) is 4.71. The second-order valence-corrected chi connectivity index (χ2v) is 5.98. The van der Waals surface area contributed by atoms with Gasteiger partial charge in [0.15, 0.2) is 5.82 Å². The Morgan fingerprint density at radius 1 is 1.12 bits per heavy atom. The van der Waals surface area contributed by atoms with Crippen LogP contribution < -0.4 is 4.90 Å². The van der Waals surface area contributed by atoms with Gasteiger partial charge < -0.3 is 14.4 Å². The quantitative estimate of drug-likeness (QED) is 0.695. The maximum Gasteiger partial charge on any atom is 0.270 e. The second kappa shape index (κ2) is 5.63. The topological polar surface area (TPSA) is 71.6 Å². The van der Waals surface area contributed by atoms with Crippen LogP contribution in [0.3, 0.4) is 0 Å². The van der Waals surface area contributed by atoms with Crippen LogP contribution in [-0.4, -0.2) is 61.1 Å². The lowest BCUT2D eigenvalue weighted by atomic mass is 10.2. The number of fused-ring (bicyclic) bond motifs is 1. The number of carbonyl (C=O) groups is 1. The van der Waals surface area contributed by atoms with Gasteiger partial charge in [-0.3, -0.25) is 9.20 Å². The SMILES string of the molecule is Cc1nnc2c(N3CCN(C(=O)c4cccn4C)CC3)nccn12. The van der Waals surface area contributed by atoms with Crippen LogP contribution >= 0.6 is 0 Å². The zero-order chi connectivity index (χ0) is 16.7. The van der Waals surface area contributed by atoms with Gasteiger partial charge in [-0.15, -0.1) is 10.2 Å². The maximum atomic E-state index is 12.6. The van der Waals surface area contributed by atoms with Crippen molar-refractivity contribution in [2.24, 2.45) is 7.05 Å². The molecule has 8 heteroatoms. The molecular formula is C16H19N7O. The molecule has 1 saturated heterocycles. The number of nitrogens with zero attached hydrogens (tertiary/aromatic N) is 7. The molecule has 4 rings (SSSR count). The first-order valence-electron chi connectivity index (χ1n) is 7.97. The molecule has 8 nitrogen and oxygen atoms in total. The zero-order valence-electron chi connectivity index (χ0n) is 13.8. The van der Waals surface area contributed by atoms with Crippen molar-refractivity contribution in [3.8, 4) is 0 Å². The van der Waals surface area contributed by atoms with Crippen LogP contribution in [0.2, 0.25) is 0 Å². The van der Waals surface area contributed by atoms with Crippen LogP contribution in [0.15, 0.2) is 30.7 Å². The fourth-order valence-electron chi connectivity index (χ4n) is 3.12. The molecule has 0 saturated carbocycles. The first kappa shape index (κ1) is 14.7. The Balaban J connectivity index is 1.52. The Hall–Kier alpha value is -2.90. The van der Waals surface area contributed by atoms with Crippen LogP contribution in [0.1, 0.15) is 16.3 Å². The third-order valence-electron chi connectivity index (χ3n) is 4.51. The number of aromatic nitrogens is 5. The summed E-state index contributed by atoms with van der Waals surface area (Å²) in [5, 5.41) is 8.34. The third kappa shape index (κ3) is 2.31. The van der Waals surface area contributed by atoms with Crippen LogP contribution in [0.5, 0.6) is 0 Å². The smallest absolute Gasteiger partial charge is 0.270 e. The van der Waals surface area contributed by atoms with E-state index >= 15 is 0 Å². The van der Waals surface area contributed by atoms with E-state index in [2.05, 4.69) is 20.1 Å². The predicted octanol–water partition coefficient (Wildman–Crippen LogP) is 0.734. The molecule has 0 N–H and O–H groups in total. The van der Waals surface area contributed by atoms with Crippen molar-refractivity contribution in [1.82, 2.24) is 29.0 Å². The van der Waals surface area contributed by atoms with Crippen LogP contribution in [-0.2, 0) is 7.05 Å². The second-order valence-electron chi connectivity index (χ2n) is 5.98.